The van der Waals surface area contributed by atoms with Crippen LogP contribution in [-0.2, 0) is 0 Å². The Balaban J connectivity index is 1.76. The van der Waals surface area contributed by atoms with Crippen molar-refractivity contribution in [3.63, 3.8) is 0 Å². The summed E-state index contributed by atoms with van der Waals surface area (Å²) in [7, 11) is 0. The van der Waals surface area contributed by atoms with Crippen molar-refractivity contribution in [2.75, 3.05) is 0 Å². The zero-order valence-electron chi connectivity index (χ0n) is 9.86. The molecule has 15 heavy (non-hydrogen) atoms. The van der Waals surface area contributed by atoms with Crippen molar-refractivity contribution in [2.24, 2.45) is 11.8 Å². The number of hydrogen-bond acceptors (Lipinski definition) is 2. The highest BCUT2D eigenvalue weighted by atomic mass is 32.1. The minimum atomic E-state index is 0.531. The summed E-state index contributed by atoms with van der Waals surface area (Å²) in [5, 5.41) is 5.87. The van der Waals surface area contributed by atoms with E-state index in [-0.39, 0.29) is 0 Å². The first-order valence-electron chi connectivity index (χ1n) is 5.96. The number of rotatable bonds is 4. The summed E-state index contributed by atoms with van der Waals surface area (Å²) in [5.41, 5.74) is 0. The molecule has 0 aromatic carbocycles. The molecule has 0 saturated heterocycles. The summed E-state index contributed by atoms with van der Waals surface area (Å²) < 4.78 is 0. The van der Waals surface area contributed by atoms with E-state index in [0.717, 1.165) is 17.9 Å². The zero-order chi connectivity index (χ0) is 10.8. The fourth-order valence-electron chi connectivity index (χ4n) is 2.32. The standard InChI is InChI=1S/C13H21NS/c1-9(2)11-7-12(8-11)14-10(3)13-5-4-6-15-13/h4-6,9-12,14H,7-8H2,1-3H3/t10-,11?,12?/m0/s1. The molecule has 1 heterocycles. The maximum atomic E-state index is 3.71. The van der Waals surface area contributed by atoms with Crippen LogP contribution in [0.4, 0.5) is 0 Å². The van der Waals surface area contributed by atoms with Gasteiger partial charge in [-0.25, -0.2) is 0 Å². The van der Waals surface area contributed by atoms with Crippen LogP contribution < -0.4 is 5.32 Å². The lowest BCUT2D eigenvalue weighted by molar-refractivity contribution is 0.160. The first-order valence-corrected chi connectivity index (χ1v) is 6.84. The second-order valence-electron chi connectivity index (χ2n) is 5.08. The molecule has 1 nitrogen and oxygen atoms in total. The molecule has 1 aromatic rings. The monoisotopic (exact) mass is 223 g/mol. The Kier molecular flexibility index (Phi) is 3.47. The number of thiophene rings is 1. The molecule has 0 unspecified atom stereocenters. The number of hydrogen-bond donors (Lipinski definition) is 1. The van der Waals surface area contributed by atoms with Crippen molar-refractivity contribution >= 4 is 11.3 Å². The summed E-state index contributed by atoms with van der Waals surface area (Å²) in [6.45, 7) is 6.95. The molecule has 0 spiro atoms. The van der Waals surface area contributed by atoms with Gasteiger partial charge in [0, 0.05) is 17.0 Å². The van der Waals surface area contributed by atoms with Crippen molar-refractivity contribution < 1.29 is 0 Å². The highest BCUT2D eigenvalue weighted by Crippen LogP contribution is 2.35. The van der Waals surface area contributed by atoms with Crippen LogP contribution in [-0.4, -0.2) is 6.04 Å². The Bertz CT molecular complexity index is 285. The molecule has 2 heteroatoms. The Labute approximate surface area is 96.9 Å². The van der Waals surface area contributed by atoms with Gasteiger partial charge in [-0.2, -0.15) is 0 Å². The van der Waals surface area contributed by atoms with Crippen molar-refractivity contribution in [3.8, 4) is 0 Å². The largest absolute Gasteiger partial charge is 0.307 e. The highest BCUT2D eigenvalue weighted by molar-refractivity contribution is 7.10. The second kappa shape index (κ2) is 4.67. The molecule has 0 amide bonds. The first-order chi connectivity index (χ1) is 7.16. The zero-order valence-corrected chi connectivity index (χ0v) is 10.7. The van der Waals surface area contributed by atoms with Crippen LogP contribution in [0.25, 0.3) is 0 Å². The van der Waals surface area contributed by atoms with E-state index in [1.54, 1.807) is 0 Å². The van der Waals surface area contributed by atoms with Gasteiger partial charge in [0.15, 0.2) is 0 Å². The smallest absolute Gasteiger partial charge is 0.0388 e. The topological polar surface area (TPSA) is 12.0 Å². The Morgan fingerprint density at radius 1 is 1.33 bits per heavy atom. The normalized spacial score (nSPS) is 27.7. The van der Waals surface area contributed by atoms with Crippen LogP contribution in [0.1, 0.15) is 44.5 Å². The minimum absolute atomic E-state index is 0.531. The lowest BCUT2D eigenvalue weighted by Gasteiger charge is -2.40. The molecule has 1 saturated carbocycles. The van der Waals surface area contributed by atoms with Gasteiger partial charge < -0.3 is 5.32 Å². The van der Waals surface area contributed by atoms with E-state index in [9.17, 15) is 0 Å². The van der Waals surface area contributed by atoms with Crippen molar-refractivity contribution in [1.29, 1.82) is 0 Å². The molecule has 0 radical (unpaired) electrons. The van der Waals surface area contributed by atoms with Crippen molar-refractivity contribution in [1.82, 2.24) is 5.32 Å². The van der Waals surface area contributed by atoms with Gasteiger partial charge in [0.1, 0.15) is 0 Å². The van der Waals surface area contributed by atoms with Crippen molar-refractivity contribution in [2.45, 2.75) is 45.7 Å². The molecule has 84 valence electrons. The van der Waals surface area contributed by atoms with E-state index < -0.39 is 0 Å². The molecule has 0 bridgehead atoms. The third kappa shape index (κ3) is 2.61. The van der Waals surface area contributed by atoms with Crippen LogP contribution in [0, 0.1) is 11.8 Å². The predicted molar refractivity (Wildman–Crippen MR) is 67.2 cm³/mol. The van der Waals surface area contributed by atoms with Gasteiger partial charge >= 0.3 is 0 Å². The molecule has 1 aliphatic carbocycles. The van der Waals surface area contributed by atoms with E-state index in [0.29, 0.717) is 6.04 Å². The van der Waals surface area contributed by atoms with Gasteiger partial charge in [0.2, 0.25) is 0 Å². The van der Waals surface area contributed by atoms with Gasteiger partial charge in [-0.05, 0) is 43.0 Å². The fourth-order valence-corrected chi connectivity index (χ4v) is 3.06. The fraction of sp³-hybridized carbons (Fsp3) is 0.692. The maximum Gasteiger partial charge on any atom is 0.0388 e. The average Bonchev–Trinajstić information content (AvgIpc) is 2.61. The molecule has 1 fully saturated rings. The number of nitrogens with one attached hydrogen (secondary N) is 1. The molecule has 1 N–H and O–H groups in total. The summed E-state index contributed by atoms with van der Waals surface area (Å²) in [4.78, 5) is 1.46. The van der Waals surface area contributed by atoms with Crippen LogP contribution in [0.2, 0.25) is 0 Å². The third-order valence-electron chi connectivity index (χ3n) is 3.57. The van der Waals surface area contributed by atoms with Crippen LogP contribution in [0.3, 0.4) is 0 Å². The van der Waals surface area contributed by atoms with Crippen molar-refractivity contribution in [3.05, 3.63) is 22.4 Å². The molecule has 0 aliphatic heterocycles. The molecular formula is C13H21NS. The van der Waals surface area contributed by atoms with Gasteiger partial charge in [0.05, 0.1) is 0 Å². The highest BCUT2D eigenvalue weighted by Gasteiger charge is 2.31. The summed E-state index contributed by atoms with van der Waals surface area (Å²) in [5.74, 6) is 1.82. The lowest BCUT2D eigenvalue weighted by atomic mass is 9.73. The van der Waals surface area contributed by atoms with Crippen LogP contribution in [0.5, 0.6) is 0 Å². The SMILES string of the molecule is CC(C)C1CC(N[C@@H](C)c2cccs2)C1. The van der Waals surface area contributed by atoms with E-state index in [1.165, 1.54) is 17.7 Å². The third-order valence-corrected chi connectivity index (χ3v) is 4.63. The van der Waals surface area contributed by atoms with Gasteiger partial charge in [-0.15, -0.1) is 11.3 Å². The van der Waals surface area contributed by atoms with Crippen LogP contribution >= 0.6 is 11.3 Å². The molecule has 1 aliphatic rings. The average molecular weight is 223 g/mol. The van der Waals surface area contributed by atoms with Crippen LogP contribution in [0.15, 0.2) is 17.5 Å². The van der Waals surface area contributed by atoms with Gasteiger partial charge in [0.25, 0.3) is 0 Å². The Hall–Kier alpha value is -0.340. The summed E-state index contributed by atoms with van der Waals surface area (Å²) in [6.07, 6.45) is 2.74. The van der Waals surface area contributed by atoms with Gasteiger partial charge in [-0.3, -0.25) is 0 Å². The van der Waals surface area contributed by atoms with E-state index in [4.69, 9.17) is 0 Å². The minimum Gasteiger partial charge on any atom is -0.307 e. The predicted octanol–water partition coefficient (Wildman–Crippen LogP) is 3.83. The first kappa shape index (κ1) is 11.2. The summed E-state index contributed by atoms with van der Waals surface area (Å²) >= 11 is 1.85. The Morgan fingerprint density at radius 2 is 2.07 bits per heavy atom. The maximum absolute atomic E-state index is 3.71. The molecular weight excluding hydrogens is 202 g/mol. The van der Waals surface area contributed by atoms with Gasteiger partial charge in [-0.1, -0.05) is 19.9 Å². The lowest BCUT2D eigenvalue weighted by Crippen LogP contribution is -2.43. The van der Waals surface area contributed by atoms with E-state index in [2.05, 4.69) is 43.6 Å². The molecule has 1 atom stereocenters. The quantitative estimate of drug-likeness (QED) is 0.818. The summed E-state index contributed by atoms with van der Waals surface area (Å²) in [6, 6.07) is 5.65. The van der Waals surface area contributed by atoms with E-state index >= 15 is 0 Å². The Morgan fingerprint density at radius 3 is 2.60 bits per heavy atom. The molecule has 1 aromatic heterocycles. The molecule has 2 rings (SSSR count). The van der Waals surface area contributed by atoms with E-state index in [1.807, 2.05) is 11.3 Å². The second-order valence-corrected chi connectivity index (χ2v) is 6.06.